The fraction of sp³-hybridized carbons (Fsp3) is 0.435. The minimum absolute atomic E-state index is 0.108. The van der Waals surface area contributed by atoms with Crippen molar-refractivity contribution in [3.8, 4) is 0 Å². The highest BCUT2D eigenvalue weighted by Gasteiger charge is 2.33. The third kappa shape index (κ3) is 6.96. The van der Waals surface area contributed by atoms with Crippen LogP contribution in [0, 0.1) is 5.92 Å². The Morgan fingerprint density at radius 1 is 1.23 bits per heavy atom. The maximum absolute atomic E-state index is 12.5. The van der Waals surface area contributed by atoms with Gasteiger partial charge in [0.15, 0.2) is 0 Å². The second-order valence-electron chi connectivity index (χ2n) is 7.85. The van der Waals surface area contributed by atoms with Crippen LogP contribution in [-0.2, 0) is 16.1 Å². The van der Waals surface area contributed by atoms with Crippen molar-refractivity contribution < 1.29 is 19.4 Å². The molecule has 3 atom stereocenters. The number of hydrogen-bond acceptors (Lipinski definition) is 6. The first-order valence-electron chi connectivity index (χ1n) is 10.6. The van der Waals surface area contributed by atoms with E-state index < -0.39 is 12.1 Å². The van der Waals surface area contributed by atoms with Crippen LogP contribution in [0.5, 0.6) is 0 Å². The molecule has 3 rings (SSSR count). The number of pyridine rings is 1. The molecule has 2 aromatic rings. The molecule has 0 spiro atoms. The topological polar surface area (TPSA) is 118 Å². The Bertz CT molecular complexity index is 834. The largest absolute Gasteiger partial charge is 0.481 e. The Morgan fingerprint density at radius 2 is 1.97 bits per heavy atom. The molecule has 0 aliphatic carbocycles. The van der Waals surface area contributed by atoms with Crippen molar-refractivity contribution in [3.05, 3.63) is 60.4 Å². The molecule has 4 N–H and O–H groups in total. The van der Waals surface area contributed by atoms with Crippen LogP contribution in [0.2, 0.25) is 0 Å². The molecule has 2 heterocycles. The number of carboxylic acid groups (broad SMARTS) is 1. The van der Waals surface area contributed by atoms with Crippen molar-refractivity contribution in [2.75, 3.05) is 11.4 Å². The van der Waals surface area contributed by atoms with Gasteiger partial charge in [-0.1, -0.05) is 30.3 Å². The number of aliphatic carboxylic acids is 1. The van der Waals surface area contributed by atoms with Gasteiger partial charge in [0.25, 0.3) is 0 Å². The standard InChI is InChI=1S/C23H30N4O4/c24-20(7-4-8-22(28)29)18-11-14-27(19-9-12-25-13-10-19)21(15-18)26-23(30)31-16-17-5-2-1-3-6-17/h1-3,5-6,9-10,12-13,18,20-21H,4,7-8,11,14-16,24H2,(H,26,30)(H,28,29)/t18?,20?,21-/m0/s1. The first-order valence-corrected chi connectivity index (χ1v) is 10.6. The van der Waals surface area contributed by atoms with Gasteiger partial charge >= 0.3 is 12.1 Å². The number of carboxylic acids is 1. The van der Waals surface area contributed by atoms with E-state index in [-0.39, 0.29) is 31.2 Å². The summed E-state index contributed by atoms with van der Waals surface area (Å²) >= 11 is 0. The number of anilines is 1. The number of carbonyl (C=O) groups excluding carboxylic acids is 1. The van der Waals surface area contributed by atoms with Gasteiger partial charge in [0.2, 0.25) is 0 Å². The minimum Gasteiger partial charge on any atom is -0.481 e. The highest BCUT2D eigenvalue weighted by atomic mass is 16.5. The van der Waals surface area contributed by atoms with E-state index in [4.69, 9.17) is 15.6 Å². The van der Waals surface area contributed by atoms with E-state index in [0.29, 0.717) is 19.3 Å². The summed E-state index contributed by atoms with van der Waals surface area (Å²) in [6.07, 6.45) is 5.56. The smallest absolute Gasteiger partial charge is 0.409 e. The van der Waals surface area contributed by atoms with Crippen LogP contribution >= 0.6 is 0 Å². The van der Waals surface area contributed by atoms with Crippen molar-refractivity contribution in [2.24, 2.45) is 11.7 Å². The highest BCUT2D eigenvalue weighted by molar-refractivity contribution is 5.68. The molecule has 1 amide bonds. The number of carbonyl (C=O) groups is 2. The SMILES string of the molecule is NC(CCCC(=O)O)C1CCN(c2ccncc2)[C@H](NC(=O)OCc2ccccc2)C1. The molecule has 0 bridgehead atoms. The summed E-state index contributed by atoms with van der Waals surface area (Å²) in [5, 5.41) is 11.8. The first kappa shape index (κ1) is 22.6. The number of benzene rings is 1. The lowest BCUT2D eigenvalue weighted by Gasteiger charge is -2.42. The van der Waals surface area contributed by atoms with Crippen LogP contribution in [0.25, 0.3) is 0 Å². The van der Waals surface area contributed by atoms with E-state index in [1.807, 2.05) is 42.5 Å². The summed E-state index contributed by atoms with van der Waals surface area (Å²) in [5.74, 6) is -0.619. The molecule has 1 aliphatic rings. The number of hydrogen-bond donors (Lipinski definition) is 3. The van der Waals surface area contributed by atoms with Crippen molar-refractivity contribution in [3.63, 3.8) is 0 Å². The normalized spacial score (nSPS) is 19.5. The second-order valence-corrected chi connectivity index (χ2v) is 7.85. The molecule has 31 heavy (non-hydrogen) atoms. The average Bonchev–Trinajstić information content (AvgIpc) is 2.78. The molecule has 0 saturated carbocycles. The van der Waals surface area contributed by atoms with E-state index in [1.165, 1.54) is 0 Å². The first-order chi connectivity index (χ1) is 15.0. The quantitative estimate of drug-likeness (QED) is 0.564. The predicted molar refractivity (Wildman–Crippen MR) is 117 cm³/mol. The van der Waals surface area contributed by atoms with Crippen molar-refractivity contribution in [1.82, 2.24) is 10.3 Å². The van der Waals surface area contributed by atoms with Crippen LogP contribution in [0.15, 0.2) is 54.9 Å². The Morgan fingerprint density at radius 3 is 2.68 bits per heavy atom. The third-order valence-corrected chi connectivity index (χ3v) is 5.67. The summed E-state index contributed by atoms with van der Waals surface area (Å²) in [6, 6.07) is 13.3. The zero-order valence-corrected chi connectivity index (χ0v) is 17.5. The van der Waals surface area contributed by atoms with E-state index in [9.17, 15) is 9.59 Å². The lowest BCUT2D eigenvalue weighted by molar-refractivity contribution is -0.137. The monoisotopic (exact) mass is 426 g/mol. The number of rotatable bonds is 9. The van der Waals surface area contributed by atoms with Gasteiger partial charge in [-0.05, 0) is 49.3 Å². The van der Waals surface area contributed by atoms with Gasteiger partial charge in [-0.25, -0.2) is 4.79 Å². The molecule has 166 valence electrons. The maximum Gasteiger partial charge on any atom is 0.409 e. The lowest BCUT2D eigenvalue weighted by Crippen LogP contribution is -2.55. The van der Waals surface area contributed by atoms with Gasteiger partial charge in [0.1, 0.15) is 12.8 Å². The Hall–Kier alpha value is -3.13. The molecular formula is C23H30N4O4. The van der Waals surface area contributed by atoms with E-state index >= 15 is 0 Å². The molecule has 1 saturated heterocycles. The number of nitrogens with zero attached hydrogens (tertiary/aromatic N) is 2. The molecule has 1 fully saturated rings. The zero-order chi connectivity index (χ0) is 22.1. The number of nitrogens with one attached hydrogen (secondary N) is 1. The van der Waals surface area contributed by atoms with Crippen LogP contribution in [0.3, 0.4) is 0 Å². The lowest BCUT2D eigenvalue weighted by atomic mass is 9.85. The fourth-order valence-corrected chi connectivity index (χ4v) is 3.99. The van der Waals surface area contributed by atoms with Crippen molar-refractivity contribution in [2.45, 2.75) is 50.9 Å². The van der Waals surface area contributed by atoms with Gasteiger partial charge in [-0.3, -0.25) is 9.78 Å². The summed E-state index contributed by atoms with van der Waals surface area (Å²) in [6.45, 7) is 0.928. The van der Waals surface area contributed by atoms with E-state index in [2.05, 4.69) is 15.2 Å². The van der Waals surface area contributed by atoms with Crippen molar-refractivity contribution >= 4 is 17.7 Å². The van der Waals surface area contributed by atoms with Gasteiger partial charge in [-0.2, -0.15) is 0 Å². The Kier molecular flexibility index (Phi) is 8.23. The summed E-state index contributed by atoms with van der Waals surface area (Å²) < 4.78 is 5.42. The maximum atomic E-state index is 12.5. The molecule has 8 nitrogen and oxygen atoms in total. The molecule has 0 radical (unpaired) electrons. The number of piperidine rings is 1. The highest BCUT2D eigenvalue weighted by Crippen LogP contribution is 2.29. The van der Waals surface area contributed by atoms with Gasteiger partial charge in [-0.15, -0.1) is 0 Å². The fourth-order valence-electron chi connectivity index (χ4n) is 3.99. The Labute approximate surface area is 182 Å². The summed E-state index contributed by atoms with van der Waals surface area (Å²) in [4.78, 5) is 29.5. The third-order valence-electron chi connectivity index (χ3n) is 5.67. The van der Waals surface area contributed by atoms with Gasteiger partial charge < -0.3 is 25.8 Å². The molecular weight excluding hydrogens is 396 g/mol. The minimum atomic E-state index is -0.805. The van der Waals surface area contributed by atoms with E-state index in [0.717, 1.165) is 24.2 Å². The number of alkyl carbamates (subject to hydrolysis) is 1. The van der Waals surface area contributed by atoms with Crippen LogP contribution in [0.1, 0.15) is 37.7 Å². The van der Waals surface area contributed by atoms with Gasteiger partial charge in [0, 0.05) is 37.1 Å². The van der Waals surface area contributed by atoms with Crippen LogP contribution < -0.4 is 16.0 Å². The number of ether oxygens (including phenoxy) is 1. The summed E-state index contributed by atoms with van der Waals surface area (Å²) in [7, 11) is 0. The predicted octanol–water partition coefficient (Wildman–Crippen LogP) is 3.13. The molecule has 1 aromatic heterocycles. The molecule has 2 unspecified atom stereocenters. The van der Waals surface area contributed by atoms with Crippen LogP contribution in [-0.4, -0.2) is 40.9 Å². The molecule has 8 heteroatoms. The number of aromatic nitrogens is 1. The van der Waals surface area contributed by atoms with Crippen LogP contribution in [0.4, 0.5) is 10.5 Å². The molecule has 1 aliphatic heterocycles. The molecule has 1 aromatic carbocycles. The second kappa shape index (κ2) is 11.3. The van der Waals surface area contributed by atoms with E-state index in [1.54, 1.807) is 12.4 Å². The zero-order valence-electron chi connectivity index (χ0n) is 17.5. The summed E-state index contributed by atoms with van der Waals surface area (Å²) in [5.41, 5.74) is 8.28. The Balaban J connectivity index is 1.62. The number of nitrogens with two attached hydrogens (primary N) is 1. The van der Waals surface area contributed by atoms with Crippen molar-refractivity contribution in [1.29, 1.82) is 0 Å². The van der Waals surface area contributed by atoms with Gasteiger partial charge in [0.05, 0.1) is 0 Å². The average molecular weight is 427 g/mol. The number of amides is 1.